The Morgan fingerprint density at radius 1 is 1.09 bits per heavy atom. The summed E-state index contributed by atoms with van der Waals surface area (Å²) in [5.41, 5.74) is -5.62. The van der Waals surface area contributed by atoms with Crippen LogP contribution in [-0.4, -0.2) is 15.5 Å². The van der Waals surface area contributed by atoms with Crippen LogP contribution in [-0.2, 0) is 6.18 Å². The number of carbonyl (C=O) groups is 2. The standard InChI is InChI=1S/C13H8Cl2F5NO2/c14-10(22)6-5(4-2-1-3-4)7(11(15)23)9(13(18,19)20)21-8(6)12(16)17/h4,12H,1-3H2. The van der Waals surface area contributed by atoms with E-state index in [-0.39, 0.29) is 0 Å². The maximum atomic E-state index is 13.1. The summed E-state index contributed by atoms with van der Waals surface area (Å²) in [4.78, 5) is 25.8. The molecule has 1 aliphatic carbocycles. The summed E-state index contributed by atoms with van der Waals surface area (Å²) >= 11 is 10.5. The number of pyridine rings is 1. The number of carbonyl (C=O) groups excluding carboxylic acids is 2. The number of aromatic nitrogens is 1. The Kier molecular flexibility index (Phi) is 4.96. The van der Waals surface area contributed by atoms with Crippen molar-refractivity contribution in [3.05, 3.63) is 28.1 Å². The van der Waals surface area contributed by atoms with Crippen LogP contribution < -0.4 is 0 Å². The van der Waals surface area contributed by atoms with E-state index >= 15 is 0 Å². The third kappa shape index (κ3) is 3.33. The van der Waals surface area contributed by atoms with Gasteiger partial charge in [0, 0.05) is 0 Å². The van der Waals surface area contributed by atoms with Gasteiger partial charge in [0.25, 0.3) is 16.9 Å². The minimum absolute atomic E-state index is 0.332. The molecule has 0 bridgehead atoms. The number of nitrogens with zero attached hydrogens (tertiary/aromatic N) is 1. The monoisotopic (exact) mass is 375 g/mol. The second-order valence-electron chi connectivity index (χ2n) is 4.98. The van der Waals surface area contributed by atoms with Crippen LogP contribution in [0.3, 0.4) is 0 Å². The van der Waals surface area contributed by atoms with Gasteiger partial charge >= 0.3 is 6.18 Å². The average Bonchev–Trinajstić information content (AvgIpc) is 2.33. The van der Waals surface area contributed by atoms with E-state index in [0.29, 0.717) is 19.3 Å². The molecule has 2 rings (SSSR count). The van der Waals surface area contributed by atoms with E-state index in [0.717, 1.165) is 0 Å². The highest BCUT2D eigenvalue weighted by molar-refractivity contribution is 6.69. The lowest BCUT2D eigenvalue weighted by Crippen LogP contribution is -2.25. The number of rotatable bonds is 4. The molecule has 1 heterocycles. The lowest BCUT2D eigenvalue weighted by molar-refractivity contribution is -0.141. The van der Waals surface area contributed by atoms with Gasteiger partial charge in [-0.25, -0.2) is 13.8 Å². The first kappa shape index (κ1) is 18.1. The summed E-state index contributed by atoms with van der Waals surface area (Å²) in [7, 11) is 0. The summed E-state index contributed by atoms with van der Waals surface area (Å²) in [6.07, 6.45) is -7.37. The van der Waals surface area contributed by atoms with Crippen LogP contribution in [0.5, 0.6) is 0 Å². The molecule has 0 aromatic carbocycles. The molecule has 1 aliphatic rings. The Labute approximate surface area is 136 Å². The highest BCUT2D eigenvalue weighted by Gasteiger charge is 2.43. The fraction of sp³-hybridized carbons (Fsp3) is 0.462. The summed E-state index contributed by atoms with van der Waals surface area (Å²) in [5, 5.41) is -2.92. The van der Waals surface area contributed by atoms with E-state index in [1.165, 1.54) is 0 Å². The molecule has 0 radical (unpaired) electrons. The molecule has 23 heavy (non-hydrogen) atoms. The third-order valence-corrected chi connectivity index (χ3v) is 4.02. The van der Waals surface area contributed by atoms with Crippen LogP contribution in [0.25, 0.3) is 0 Å². The van der Waals surface area contributed by atoms with Crippen LogP contribution in [0.1, 0.15) is 69.3 Å². The molecule has 10 heteroatoms. The number of alkyl halides is 5. The lowest BCUT2D eigenvalue weighted by atomic mass is 9.76. The third-order valence-electron chi connectivity index (χ3n) is 3.65. The summed E-state index contributed by atoms with van der Waals surface area (Å²) < 4.78 is 65.5. The molecule has 0 N–H and O–H groups in total. The molecule has 0 unspecified atom stereocenters. The Morgan fingerprint density at radius 3 is 1.91 bits per heavy atom. The van der Waals surface area contributed by atoms with Crippen molar-refractivity contribution in [2.75, 3.05) is 0 Å². The molecule has 3 nitrogen and oxygen atoms in total. The zero-order valence-corrected chi connectivity index (χ0v) is 12.7. The van der Waals surface area contributed by atoms with E-state index in [2.05, 4.69) is 4.98 Å². The van der Waals surface area contributed by atoms with Crippen molar-refractivity contribution in [2.45, 2.75) is 37.8 Å². The highest BCUT2D eigenvalue weighted by atomic mass is 35.5. The second-order valence-corrected chi connectivity index (χ2v) is 5.67. The first-order chi connectivity index (χ1) is 10.6. The van der Waals surface area contributed by atoms with E-state index in [1.807, 2.05) is 0 Å². The lowest BCUT2D eigenvalue weighted by Gasteiger charge is -2.30. The number of hydrogen-bond donors (Lipinski definition) is 0. The Bertz CT molecular complexity index is 671. The van der Waals surface area contributed by atoms with Crippen LogP contribution in [0.15, 0.2) is 0 Å². The first-order valence-corrected chi connectivity index (χ1v) is 7.14. The van der Waals surface area contributed by atoms with Gasteiger partial charge in [0.15, 0.2) is 5.69 Å². The molecular weight excluding hydrogens is 368 g/mol. The maximum absolute atomic E-state index is 13.1. The molecule has 0 spiro atoms. The van der Waals surface area contributed by atoms with Gasteiger partial charge in [-0.1, -0.05) is 6.42 Å². The van der Waals surface area contributed by atoms with Crippen LogP contribution in [0.2, 0.25) is 0 Å². The quantitative estimate of drug-likeness (QED) is 0.545. The SMILES string of the molecule is O=C(Cl)c1c(C(F)F)nc(C(F)(F)F)c(C(=O)Cl)c1C1CCC1. The van der Waals surface area contributed by atoms with Gasteiger partial charge in [0.2, 0.25) is 0 Å². The van der Waals surface area contributed by atoms with Crippen molar-refractivity contribution in [2.24, 2.45) is 0 Å². The zero-order chi connectivity index (χ0) is 17.5. The number of hydrogen-bond acceptors (Lipinski definition) is 3. The minimum atomic E-state index is -5.18. The maximum Gasteiger partial charge on any atom is 0.434 e. The van der Waals surface area contributed by atoms with Gasteiger partial charge in [-0.2, -0.15) is 13.2 Å². The van der Waals surface area contributed by atoms with Crippen molar-refractivity contribution >= 4 is 33.7 Å². The topological polar surface area (TPSA) is 47.0 Å². The van der Waals surface area contributed by atoms with E-state index < -0.39 is 57.1 Å². The van der Waals surface area contributed by atoms with Crippen molar-refractivity contribution in [1.82, 2.24) is 4.98 Å². The normalized spacial score (nSPS) is 15.7. The molecule has 0 aliphatic heterocycles. The van der Waals surface area contributed by atoms with Gasteiger partial charge in [-0.05, 0) is 47.5 Å². The average molecular weight is 376 g/mol. The second kappa shape index (κ2) is 6.32. The smallest absolute Gasteiger partial charge is 0.276 e. The van der Waals surface area contributed by atoms with Crippen molar-refractivity contribution < 1.29 is 31.5 Å². The van der Waals surface area contributed by atoms with Gasteiger partial charge < -0.3 is 0 Å². The molecular formula is C13H8Cl2F5NO2. The zero-order valence-electron chi connectivity index (χ0n) is 11.2. The van der Waals surface area contributed by atoms with Crippen molar-refractivity contribution in [1.29, 1.82) is 0 Å². The fourth-order valence-electron chi connectivity index (χ4n) is 2.50. The largest absolute Gasteiger partial charge is 0.434 e. The molecule has 1 saturated carbocycles. The fourth-order valence-corrected chi connectivity index (χ4v) is 2.89. The highest BCUT2D eigenvalue weighted by Crippen LogP contribution is 2.46. The first-order valence-electron chi connectivity index (χ1n) is 6.38. The molecule has 0 saturated heterocycles. The van der Waals surface area contributed by atoms with Gasteiger partial charge in [-0.3, -0.25) is 9.59 Å². The molecule has 1 aromatic heterocycles. The predicted molar refractivity (Wildman–Crippen MR) is 71.2 cm³/mol. The molecule has 1 aromatic rings. The molecule has 1 fully saturated rings. The summed E-state index contributed by atoms with van der Waals surface area (Å²) in [6.45, 7) is 0. The van der Waals surface area contributed by atoms with Gasteiger partial charge in [-0.15, -0.1) is 0 Å². The van der Waals surface area contributed by atoms with Gasteiger partial charge in [0.1, 0.15) is 5.69 Å². The Balaban J connectivity index is 2.94. The summed E-state index contributed by atoms with van der Waals surface area (Å²) in [5.74, 6) is -0.674. The Hall–Kier alpha value is -1.28. The van der Waals surface area contributed by atoms with Crippen LogP contribution in [0, 0.1) is 0 Å². The minimum Gasteiger partial charge on any atom is -0.276 e. The predicted octanol–water partition coefficient (Wildman–Crippen LogP) is 5.06. The molecule has 126 valence electrons. The van der Waals surface area contributed by atoms with Crippen LogP contribution >= 0.6 is 23.2 Å². The Morgan fingerprint density at radius 2 is 1.61 bits per heavy atom. The molecule has 0 atom stereocenters. The summed E-state index contributed by atoms with van der Waals surface area (Å²) in [6, 6.07) is 0. The van der Waals surface area contributed by atoms with E-state index in [9.17, 15) is 31.5 Å². The van der Waals surface area contributed by atoms with Crippen molar-refractivity contribution in [3.8, 4) is 0 Å². The van der Waals surface area contributed by atoms with Crippen LogP contribution in [0.4, 0.5) is 22.0 Å². The van der Waals surface area contributed by atoms with Gasteiger partial charge in [0.05, 0.1) is 11.1 Å². The van der Waals surface area contributed by atoms with E-state index in [1.54, 1.807) is 0 Å². The molecule has 0 amide bonds. The van der Waals surface area contributed by atoms with E-state index in [4.69, 9.17) is 23.2 Å². The number of halogens is 7. The van der Waals surface area contributed by atoms with Crippen molar-refractivity contribution in [3.63, 3.8) is 0 Å².